The molecule has 0 aliphatic carbocycles. The summed E-state index contributed by atoms with van der Waals surface area (Å²) in [4.78, 5) is 25.9. The number of piperidine rings is 1. The number of halogens is 1. The molecular weight excluding hydrogens is 358 g/mol. The van der Waals surface area contributed by atoms with Crippen molar-refractivity contribution in [2.75, 3.05) is 13.1 Å². The molecule has 3 unspecified atom stereocenters. The average Bonchev–Trinajstić information content (AvgIpc) is 2.53. The Bertz CT molecular complexity index is 575. The lowest BCUT2D eigenvalue weighted by molar-refractivity contribution is -0.148. The summed E-state index contributed by atoms with van der Waals surface area (Å²) in [7, 11) is 0. The predicted molar refractivity (Wildman–Crippen MR) is 93.1 cm³/mol. The van der Waals surface area contributed by atoms with Crippen LogP contribution >= 0.6 is 15.9 Å². The standard InChI is InChI=1S/C18H24BrNO3/c1-3-13(9-14-6-4-5-7-16(14)19)17(21)20-10-12(2)8-15(11-20)18(22)23/h4-7,12-13,15H,3,8-11H2,1-2H3,(H,22,23). The fourth-order valence-electron chi connectivity index (χ4n) is 3.30. The summed E-state index contributed by atoms with van der Waals surface area (Å²) in [5, 5.41) is 9.28. The summed E-state index contributed by atoms with van der Waals surface area (Å²) < 4.78 is 1.02. The Labute approximate surface area is 146 Å². The van der Waals surface area contributed by atoms with Gasteiger partial charge in [-0.05, 0) is 36.8 Å². The summed E-state index contributed by atoms with van der Waals surface area (Å²) in [6.07, 6.45) is 2.09. The molecule has 1 N–H and O–H groups in total. The fourth-order valence-corrected chi connectivity index (χ4v) is 3.75. The lowest BCUT2D eigenvalue weighted by Crippen LogP contribution is -2.48. The van der Waals surface area contributed by atoms with Gasteiger partial charge in [-0.1, -0.05) is 48.0 Å². The quantitative estimate of drug-likeness (QED) is 0.847. The first-order valence-corrected chi connectivity index (χ1v) is 8.96. The van der Waals surface area contributed by atoms with Gasteiger partial charge in [0.05, 0.1) is 5.92 Å². The zero-order chi connectivity index (χ0) is 17.0. The molecule has 1 amide bonds. The monoisotopic (exact) mass is 381 g/mol. The van der Waals surface area contributed by atoms with Gasteiger partial charge in [-0.3, -0.25) is 9.59 Å². The smallest absolute Gasteiger partial charge is 0.308 e. The number of carbonyl (C=O) groups excluding carboxylic acids is 1. The maximum absolute atomic E-state index is 12.9. The first-order chi connectivity index (χ1) is 10.9. The van der Waals surface area contributed by atoms with E-state index in [2.05, 4.69) is 15.9 Å². The number of aliphatic carboxylic acids is 1. The minimum absolute atomic E-state index is 0.0843. The van der Waals surface area contributed by atoms with Gasteiger partial charge in [0.15, 0.2) is 0 Å². The van der Waals surface area contributed by atoms with Crippen LogP contribution in [0.15, 0.2) is 28.7 Å². The Balaban J connectivity index is 2.10. The molecule has 3 atom stereocenters. The molecule has 0 saturated carbocycles. The lowest BCUT2D eigenvalue weighted by atomic mass is 9.88. The van der Waals surface area contributed by atoms with Crippen LogP contribution in [0.4, 0.5) is 0 Å². The molecule has 0 radical (unpaired) electrons. The maximum atomic E-state index is 12.9. The molecule has 1 aromatic rings. The third-order valence-electron chi connectivity index (χ3n) is 4.59. The van der Waals surface area contributed by atoms with E-state index < -0.39 is 11.9 Å². The van der Waals surface area contributed by atoms with Gasteiger partial charge < -0.3 is 10.0 Å². The van der Waals surface area contributed by atoms with E-state index in [9.17, 15) is 14.7 Å². The number of rotatable bonds is 5. The van der Waals surface area contributed by atoms with Gasteiger partial charge in [0.2, 0.25) is 5.91 Å². The van der Waals surface area contributed by atoms with E-state index in [0.29, 0.717) is 25.9 Å². The Morgan fingerprint density at radius 1 is 1.35 bits per heavy atom. The van der Waals surface area contributed by atoms with E-state index in [1.807, 2.05) is 38.1 Å². The van der Waals surface area contributed by atoms with Crippen LogP contribution in [0.3, 0.4) is 0 Å². The van der Waals surface area contributed by atoms with Crippen LogP contribution in [0.2, 0.25) is 0 Å². The number of carboxylic acids is 1. The molecule has 0 aromatic heterocycles. The lowest BCUT2D eigenvalue weighted by Gasteiger charge is -2.36. The summed E-state index contributed by atoms with van der Waals surface area (Å²) in [6, 6.07) is 7.94. The highest BCUT2D eigenvalue weighted by Gasteiger charge is 2.34. The molecule has 23 heavy (non-hydrogen) atoms. The van der Waals surface area contributed by atoms with Crippen molar-refractivity contribution in [1.29, 1.82) is 0 Å². The topological polar surface area (TPSA) is 57.6 Å². The first-order valence-electron chi connectivity index (χ1n) is 8.17. The summed E-state index contributed by atoms with van der Waals surface area (Å²) in [5.41, 5.74) is 1.12. The van der Waals surface area contributed by atoms with Crippen LogP contribution in [0.1, 0.15) is 32.3 Å². The number of nitrogens with zero attached hydrogens (tertiary/aromatic N) is 1. The number of carboxylic acid groups (broad SMARTS) is 1. The van der Waals surface area contributed by atoms with Gasteiger partial charge in [-0.15, -0.1) is 0 Å². The Hall–Kier alpha value is -1.36. The van der Waals surface area contributed by atoms with Gasteiger partial charge >= 0.3 is 5.97 Å². The van der Waals surface area contributed by atoms with Crippen LogP contribution in [-0.4, -0.2) is 35.0 Å². The molecule has 1 aliphatic heterocycles. The molecule has 0 bridgehead atoms. The molecule has 126 valence electrons. The average molecular weight is 382 g/mol. The van der Waals surface area contributed by atoms with E-state index in [4.69, 9.17) is 0 Å². The Morgan fingerprint density at radius 2 is 2.04 bits per heavy atom. The molecule has 1 aliphatic rings. The molecule has 2 rings (SSSR count). The molecule has 1 aromatic carbocycles. The second-order valence-corrected chi connectivity index (χ2v) is 7.37. The predicted octanol–water partition coefficient (Wildman–Crippen LogP) is 3.59. The molecule has 1 saturated heterocycles. The zero-order valence-electron chi connectivity index (χ0n) is 13.7. The van der Waals surface area contributed by atoms with Crippen LogP contribution in [0.25, 0.3) is 0 Å². The van der Waals surface area contributed by atoms with Crippen molar-refractivity contribution in [2.45, 2.75) is 33.1 Å². The highest BCUT2D eigenvalue weighted by atomic mass is 79.9. The van der Waals surface area contributed by atoms with Crippen molar-refractivity contribution in [3.63, 3.8) is 0 Å². The SMILES string of the molecule is CCC(Cc1ccccc1Br)C(=O)N1CC(C)CC(C(=O)O)C1. The van der Waals surface area contributed by atoms with Gasteiger partial charge in [-0.25, -0.2) is 0 Å². The van der Waals surface area contributed by atoms with Crippen molar-refractivity contribution in [3.8, 4) is 0 Å². The van der Waals surface area contributed by atoms with Crippen molar-refractivity contribution in [2.24, 2.45) is 17.8 Å². The summed E-state index contributed by atoms with van der Waals surface area (Å²) in [6.45, 7) is 5.03. The number of amides is 1. The highest BCUT2D eigenvalue weighted by Crippen LogP contribution is 2.26. The highest BCUT2D eigenvalue weighted by molar-refractivity contribution is 9.10. The number of benzene rings is 1. The van der Waals surface area contributed by atoms with Crippen LogP contribution in [-0.2, 0) is 16.0 Å². The number of likely N-dealkylation sites (tertiary alicyclic amines) is 1. The first kappa shape index (κ1) is 18.0. The largest absolute Gasteiger partial charge is 0.481 e. The normalized spacial score (nSPS) is 22.7. The molecule has 4 nitrogen and oxygen atoms in total. The van der Waals surface area contributed by atoms with E-state index in [1.54, 1.807) is 4.90 Å². The van der Waals surface area contributed by atoms with Crippen LogP contribution in [0.5, 0.6) is 0 Å². The minimum Gasteiger partial charge on any atom is -0.481 e. The van der Waals surface area contributed by atoms with Crippen molar-refractivity contribution in [3.05, 3.63) is 34.3 Å². The van der Waals surface area contributed by atoms with Crippen LogP contribution in [0, 0.1) is 17.8 Å². The third kappa shape index (κ3) is 4.56. The van der Waals surface area contributed by atoms with E-state index in [-0.39, 0.29) is 17.7 Å². The molecule has 1 heterocycles. The zero-order valence-corrected chi connectivity index (χ0v) is 15.3. The maximum Gasteiger partial charge on any atom is 0.308 e. The van der Waals surface area contributed by atoms with Crippen LogP contribution < -0.4 is 0 Å². The fraction of sp³-hybridized carbons (Fsp3) is 0.556. The number of carbonyl (C=O) groups is 2. The van der Waals surface area contributed by atoms with Gasteiger partial charge in [0.1, 0.15) is 0 Å². The number of hydrogen-bond acceptors (Lipinski definition) is 2. The van der Waals surface area contributed by atoms with Crippen molar-refractivity contribution < 1.29 is 14.7 Å². The Morgan fingerprint density at radius 3 is 2.65 bits per heavy atom. The number of hydrogen-bond donors (Lipinski definition) is 1. The van der Waals surface area contributed by atoms with Crippen molar-refractivity contribution >= 4 is 27.8 Å². The molecule has 0 spiro atoms. The second-order valence-electron chi connectivity index (χ2n) is 6.52. The Kier molecular flexibility index (Phi) is 6.22. The summed E-state index contributed by atoms with van der Waals surface area (Å²) >= 11 is 3.53. The third-order valence-corrected chi connectivity index (χ3v) is 5.36. The van der Waals surface area contributed by atoms with Gasteiger partial charge in [-0.2, -0.15) is 0 Å². The summed E-state index contributed by atoms with van der Waals surface area (Å²) in [5.74, 6) is -1.03. The minimum atomic E-state index is -0.798. The molecular formula is C18H24BrNO3. The molecule has 1 fully saturated rings. The van der Waals surface area contributed by atoms with Gasteiger partial charge in [0.25, 0.3) is 0 Å². The second kappa shape index (κ2) is 7.95. The van der Waals surface area contributed by atoms with E-state index in [1.165, 1.54) is 0 Å². The van der Waals surface area contributed by atoms with E-state index in [0.717, 1.165) is 16.5 Å². The van der Waals surface area contributed by atoms with Crippen molar-refractivity contribution in [1.82, 2.24) is 4.90 Å². The van der Waals surface area contributed by atoms with E-state index >= 15 is 0 Å². The van der Waals surface area contributed by atoms with Gasteiger partial charge in [0, 0.05) is 23.5 Å². The molecule has 5 heteroatoms.